The minimum atomic E-state index is -0.653. The van der Waals surface area contributed by atoms with Gasteiger partial charge >= 0.3 is 6.16 Å². The fourth-order valence-corrected chi connectivity index (χ4v) is 0.791. The van der Waals surface area contributed by atoms with Crippen molar-refractivity contribution in [2.45, 2.75) is 19.6 Å². The SMILES string of the molecule is CC/C=C/COC1COC(=O)O1. The summed E-state index contributed by atoms with van der Waals surface area (Å²) in [6.45, 7) is 2.68. The van der Waals surface area contributed by atoms with Crippen molar-refractivity contribution in [1.29, 1.82) is 0 Å². The van der Waals surface area contributed by atoms with E-state index in [1.807, 2.05) is 19.1 Å². The fourth-order valence-electron chi connectivity index (χ4n) is 0.791. The molecule has 1 fully saturated rings. The Morgan fingerprint density at radius 2 is 2.50 bits per heavy atom. The molecular formula is C8H12O4. The van der Waals surface area contributed by atoms with Crippen LogP contribution in [0.1, 0.15) is 13.3 Å². The van der Waals surface area contributed by atoms with Gasteiger partial charge in [-0.15, -0.1) is 0 Å². The Bertz CT molecular complexity index is 176. The van der Waals surface area contributed by atoms with Crippen LogP contribution in [0.4, 0.5) is 4.79 Å². The zero-order chi connectivity index (χ0) is 8.81. The first-order valence-electron chi connectivity index (χ1n) is 3.93. The van der Waals surface area contributed by atoms with Crippen molar-refractivity contribution in [3.8, 4) is 0 Å². The maximum Gasteiger partial charge on any atom is 0.510 e. The van der Waals surface area contributed by atoms with Crippen molar-refractivity contribution < 1.29 is 19.0 Å². The van der Waals surface area contributed by atoms with Gasteiger partial charge in [0.2, 0.25) is 6.29 Å². The summed E-state index contributed by atoms with van der Waals surface area (Å²) in [5.74, 6) is 0. The number of hydrogen-bond donors (Lipinski definition) is 0. The minimum Gasteiger partial charge on any atom is -0.428 e. The third-order valence-corrected chi connectivity index (χ3v) is 1.35. The molecule has 12 heavy (non-hydrogen) atoms. The maximum atomic E-state index is 10.4. The van der Waals surface area contributed by atoms with Crippen molar-refractivity contribution in [2.75, 3.05) is 13.2 Å². The van der Waals surface area contributed by atoms with Crippen molar-refractivity contribution in [1.82, 2.24) is 0 Å². The quantitative estimate of drug-likeness (QED) is 0.475. The lowest BCUT2D eigenvalue weighted by atomic mass is 10.4. The number of ether oxygens (including phenoxy) is 3. The van der Waals surface area contributed by atoms with Crippen LogP contribution in [0.3, 0.4) is 0 Å². The molecule has 1 atom stereocenters. The van der Waals surface area contributed by atoms with E-state index in [0.717, 1.165) is 6.42 Å². The van der Waals surface area contributed by atoms with Crippen LogP contribution in [-0.2, 0) is 14.2 Å². The smallest absolute Gasteiger partial charge is 0.428 e. The molecule has 1 rings (SSSR count). The lowest BCUT2D eigenvalue weighted by molar-refractivity contribution is -0.0661. The second-order valence-corrected chi connectivity index (χ2v) is 2.32. The normalized spacial score (nSPS) is 22.8. The summed E-state index contributed by atoms with van der Waals surface area (Å²) in [6.07, 6.45) is 3.66. The average molecular weight is 172 g/mol. The number of allylic oxidation sites excluding steroid dienone is 1. The lowest BCUT2D eigenvalue weighted by Gasteiger charge is -2.04. The Labute approximate surface area is 71.1 Å². The van der Waals surface area contributed by atoms with E-state index >= 15 is 0 Å². The molecule has 0 amide bonds. The third-order valence-electron chi connectivity index (χ3n) is 1.35. The molecular weight excluding hydrogens is 160 g/mol. The summed E-state index contributed by atoms with van der Waals surface area (Å²) in [5, 5.41) is 0. The Balaban J connectivity index is 2.08. The first-order valence-corrected chi connectivity index (χ1v) is 3.93. The van der Waals surface area contributed by atoms with E-state index in [9.17, 15) is 4.79 Å². The molecule has 0 saturated carbocycles. The molecule has 0 N–H and O–H groups in total. The van der Waals surface area contributed by atoms with E-state index in [-0.39, 0.29) is 6.61 Å². The van der Waals surface area contributed by atoms with Gasteiger partial charge in [-0.25, -0.2) is 4.79 Å². The van der Waals surface area contributed by atoms with E-state index in [4.69, 9.17) is 4.74 Å². The predicted octanol–water partition coefficient (Wildman–Crippen LogP) is 1.46. The van der Waals surface area contributed by atoms with Crippen LogP contribution in [0.2, 0.25) is 0 Å². The molecule has 4 heteroatoms. The highest BCUT2D eigenvalue weighted by Crippen LogP contribution is 2.06. The molecule has 0 aromatic rings. The Morgan fingerprint density at radius 1 is 1.67 bits per heavy atom. The fraction of sp³-hybridized carbons (Fsp3) is 0.625. The van der Waals surface area contributed by atoms with Gasteiger partial charge in [-0.3, -0.25) is 0 Å². The number of carbonyl (C=O) groups is 1. The Morgan fingerprint density at radius 3 is 3.08 bits per heavy atom. The molecule has 1 heterocycles. The average Bonchev–Trinajstić information content (AvgIpc) is 2.45. The highest BCUT2D eigenvalue weighted by Gasteiger charge is 2.24. The summed E-state index contributed by atoms with van der Waals surface area (Å²) in [6, 6.07) is 0. The second kappa shape index (κ2) is 4.77. The van der Waals surface area contributed by atoms with E-state index < -0.39 is 12.4 Å². The van der Waals surface area contributed by atoms with Gasteiger partial charge in [0.25, 0.3) is 0 Å². The molecule has 4 nitrogen and oxygen atoms in total. The summed E-state index contributed by atoms with van der Waals surface area (Å²) in [7, 11) is 0. The molecule has 0 radical (unpaired) electrons. The topological polar surface area (TPSA) is 44.8 Å². The molecule has 0 aliphatic carbocycles. The number of hydrogen-bond acceptors (Lipinski definition) is 4. The monoisotopic (exact) mass is 172 g/mol. The van der Waals surface area contributed by atoms with Crippen molar-refractivity contribution in [3.05, 3.63) is 12.2 Å². The van der Waals surface area contributed by atoms with Gasteiger partial charge in [0.05, 0.1) is 6.61 Å². The molecule has 0 aromatic carbocycles. The molecule has 1 aliphatic rings. The summed E-state index contributed by atoms with van der Waals surface area (Å²) < 4.78 is 14.3. The summed E-state index contributed by atoms with van der Waals surface area (Å²) in [5.41, 5.74) is 0. The summed E-state index contributed by atoms with van der Waals surface area (Å²) >= 11 is 0. The van der Waals surface area contributed by atoms with Crippen molar-refractivity contribution in [2.24, 2.45) is 0 Å². The predicted molar refractivity (Wildman–Crippen MR) is 41.6 cm³/mol. The molecule has 68 valence electrons. The van der Waals surface area contributed by atoms with E-state index in [1.165, 1.54) is 0 Å². The molecule has 0 spiro atoms. The number of cyclic esters (lactones) is 2. The first-order chi connectivity index (χ1) is 5.83. The van der Waals surface area contributed by atoms with Gasteiger partial charge in [0, 0.05) is 0 Å². The van der Waals surface area contributed by atoms with Crippen LogP contribution in [-0.4, -0.2) is 25.7 Å². The van der Waals surface area contributed by atoms with Crippen LogP contribution >= 0.6 is 0 Å². The van der Waals surface area contributed by atoms with Crippen LogP contribution in [0.5, 0.6) is 0 Å². The van der Waals surface area contributed by atoms with Crippen molar-refractivity contribution >= 4 is 6.16 Å². The zero-order valence-electron chi connectivity index (χ0n) is 6.99. The van der Waals surface area contributed by atoms with Gasteiger partial charge in [-0.1, -0.05) is 19.1 Å². The summed E-state index contributed by atoms with van der Waals surface area (Å²) in [4.78, 5) is 10.4. The molecule has 1 saturated heterocycles. The van der Waals surface area contributed by atoms with Gasteiger partial charge in [-0.05, 0) is 6.42 Å². The second-order valence-electron chi connectivity index (χ2n) is 2.32. The molecule has 0 bridgehead atoms. The molecule has 0 aromatic heterocycles. The van der Waals surface area contributed by atoms with Crippen molar-refractivity contribution in [3.63, 3.8) is 0 Å². The van der Waals surface area contributed by atoms with Gasteiger partial charge < -0.3 is 14.2 Å². The van der Waals surface area contributed by atoms with Gasteiger partial charge in [0.1, 0.15) is 0 Å². The highest BCUT2D eigenvalue weighted by atomic mass is 16.8. The van der Waals surface area contributed by atoms with Crippen LogP contribution in [0.15, 0.2) is 12.2 Å². The zero-order valence-corrected chi connectivity index (χ0v) is 6.99. The van der Waals surface area contributed by atoms with E-state index in [0.29, 0.717) is 6.61 Å². The van der Waals surface area contributed by atoms with Gasteiger partial charge in [-0.2, -0.15) is 0 Å². The van der Waals surface area contributed by atoms with Gasteiger partial charge in [0.15, 0.2) is 6.61 Å². The van der Waals surface area contributed by atoms with E-state index in [1.54, 1.807) is 0 Å². The standard InChI is InChI=1S/C8H12O4/c1-2-3-4-5-10-7-6-11-8(9)12-7/h3-4,7H,2,5-6H2,1H3/b4-3+. The van der Waals surface area contributed by atoms with Crippen LogP contribution < -0.4 is 0 Å². The molecule has 1 unspecified atom stereocenters. The Hall–Kier alpha value is -1.03. The highest BCUT2D eigenvalue weighted by molar-refractivity contribution is 5.61. The van der Waals surface area contributed by atoms with E-state index in [2.05, 4.69) is 9.47 Å². The maximum absolute atomic E-state index is 10.4. The van der Waals surface area contributed by atoms with Crippen LogP contribution in [0.25, 0.3) is 0 Å². The molecule has 1 aliphatic heterocycles. The first kappa shape index (κ1) is 9.06. The lowest BCUT2D eigenvalue weighted by Crippen LogP contribution is -2.14. The van der Waals surface area contributed by atoms with Crippen LogP contribution in [0, 0.1) is 0 Å². The minimum absolute atomic E-state index is 0.193. The third kappa shape index (κ3) is 2.92. The number of carbonyl (C=O) groups excluding carboxylic acids is 1. The largest absolute Gasteiger partial charge is 0.510 e. The number of rotatable bonds is 4. The Kier molecular flexibility index (Phi) is 3.60.